The predicted molar refractivity (Wildman–Crippen MR) is 76.8 cm³/mol. The van der Waals surface area contributed by atoms with Gasteiger partial charge < -0.3 is 10.2 Å². The first-order valence-corrected chi connectivity index (χ1v) is 6.24. The van der Waals surface area contributed by atoms with Gasteiger partial charge in [-0.3, -0.25) is 4.79 Å². The van der Waals surface area contributed by atoms with Gasteiger partial charge in [-0.1, -0.05) is 17.7 Å². The average molecular weight is 289 g/mol. The molecule has 0 aliphatic carbocycles. The van der Waals surface area contributed by atoms with E-state index in [1.165, 1.54) is 0 Å². The molecule has 1 atom stereocenters. The van der Waals surface area contributed by atoms with E-state index in [0.717, 1.165) is 25.2 Å². The molecule has 1 saturated heterocycles. The highest BCUT2D eigenvalue weighted by atomic mass is 35.5. The second-order valence-corrected chi connectivity index (χ2v) is 5.00. The predicted octanol–water partition coefficient (Wildman–Crippen LogP) is 2.50. The molecular weight excluding hydrogens is 271 g/mol. The van der Waals surface area contributed by atoms with E-state index in [1.807, 2.05) is 24.0 Å². The first-order chi connectivity index (χ1) is 8.08. The summed E-state index contributed by atoms with van der Waals surface area (Å²) in [7, 11) is 0. The SMILES string of the molecule is Cc1ccc(Cl)cc1C(=O)N1CCNC(C)C1.Cl. The lowest BCUT2D eigenvalue weighted by atomic mass is 10.1. The van der Waals surface area contributed by atoms with Gasteiger partial charge in [-0.05, 0) is 31.5 Å². The van der Waals surface area contributed by atoms with Crippen LogP contribution in [0.3, 0.4) is 0 Å². The van der Waals surface area contributed by atoms with Gasteiger partial charge in [0.05, 0.1) is 0 Å². The number of nitrogens with zero attached hydrogens (tertiary/aromatic N) is 1. The smallest absolute Gasteiger partial charge is 0.254 e. The largest absolute Gasteiger partial charge is 0.336 e. The summed E-state index contributed by atoms with van der Waals surface area (Å²) in [6.45, 7) is 6.39. The molecule has 0 bridgehead atoms. The number of nitrogens with one attached hydrogen (secondary N) is 1. The van der Waals surface area contributed by atoms with E-state index in [0.29, 0.717) is 16.6 Å². The number of benzene rings is 1. The highest BCUT2D eigenvalue weighted by Crippen LogP contribution is 2.18. The molecule has 1 aliphatic heterocycles. The third-order valence-corrected chi connectivity index (χ3v) is 3.32. The molecular formula is C13H18Cl2N2O. The number of hydrogen-bond donors (Lipinski definition) is 1. The van der Waals surface area contributed by atoms with Crippen molar-refractivity contribution in [1.29, 1.82) is 0 Å². The number of rotatable bonds is 1. The Labute approximate surface area is 119 Å². The Bertz CT molecular complexity index is 437. The van der Waals surface area contributed by atoms with Gasteiger partial charge >= 0.3 is 0 Å². The molecule has 1 fully saturated rings. The first kappa shape index (κ1) is 15.3. The molecule has 1 heterocycles. The Hall–Kier alpha value is -0.770. The van der Waals surface area contributed by atoms with Crippen molar-refractivity contribution in [2.24, 2.45) is 0 Å². The van der Waals surface area contributed by atoms with E-state index in [2.05, 4.69) is 12.2 Å². The number of piperazine rings is 1. The molecule has 2 rings (SSSR count). The summed E-state index contributed by atoms with van der Waals surface area (Å²) in [6.07, 6.45) is 0. The Balaban J connectivity index is 0.00000162. The zero-order chi connectivity index (χ0) is 12.4. The number of halogens is 2. The quantitative estimate of drug-likeness (QED) is 0.861. The van der Waals surface area contributed by atoms with E-state index < -0.39 is 0 Å². The van der Waals surface area contributed by atoms with Crippen molar-refractivity contribution in [3.8, 4) is 0 Å². The maximum atomic E-state index is 12.4. The van der Waals surface area contributed by atoms with Crippen LogP contribution in [0.5, 0.6) is 0 Å². The zero-order valence-corrected chi connectivity index (χ0v) is 12.1. The summed E-state index contributed by atoms with van der Waals surface area (Å²) in [5, 5.41) is 3.94. The van der Waals surface area contributed by atoms with Crippen LogP contribution in [0.2, 0.25) is 5.02 Å². The summed E-state index contributed by atoms with van der Waals surface area (Å²) < 4.78 is 0. The fraction of sp³-hybridized carbons (Fsp3) is 0.462. The molecule has 1 amide bonds. The molecule has 1 aromatic rings. The maximum Gasteiger partial charge on any atom is 0.254 e. The van der Waals surface area contributed by atoms with Crippen LogP contribution in [0.25, 0.3) is 0 Å². The fourth-order valence-electron chi connectivity index (χ4n) is 2.11. The minimum absolute atomic E-state index is 0. The normalized spacial score (nSPS) is 19.3. The first-order valence-electron chi connectivity index (χ1n) is 5.87. The fourth-order valence-corrected chi connectivity index (χ4v) is 2.28. The van der Waals surface area contributed by atoms with Crippen LogP contribution in [0.15, 0.2) is 18.2 Å². The highest BCUT2D eigenvalue weighted by molar-refractivity contribution is 6.31. The van der Waals surface area contributed by atoms with E-state index in [9.17, 15) is 4.79 Å². The van der Waals surface area contributed by atoms with Crippen LogP contribution in [0.4, 0.5) is 0 Å². The van der Waals surface area contributed by atoms with Gasteiger partial charge in [0.25, 0.3) is 5.91 Å². The number of hydrogen-bond acceptors (Lipinski definition) is 2. The second-order valence-electron chi connectivity index (χ2n) is 4.57. The average Bonchev–Trinajstić information content (AvgIpc) is 2.31. The third-order valence-electron chi connectivity index (χ3n) is 3.09. The van der Waals surface area contributed by atoms with Gasteiger partial charge in [-0.15, -0.1) is 12.4 Å². The summed E-state index contributed by atoms with van der Waals surface area (Å²) in [5.41, 5.74) is 1.69. The van der Waals surface area contributed by atoms with Crippen LogP contribution < -0.4 is 5.32 Å². The van der Waals surface area contributed by atoms with Crippen LogP contribution in [0, 0.1) is 6.92 Å². The lowest BCUT2D eigenvalue weighted by Gasteiger charge is -2.32. The molecule has 5 heteroatoms. The molecule has 1 aromatic carbocycles. The molecule has 0 saturated carbocycles. The molecule has 0 spiro atoms. The van der Waals surface area contributed by atoms with Crippen molar-refractivity contribution in [2.45, 2.75) is 19.9 Å². The summed E-state index contributed by atoms with van der Waals surface area (Å²) in [6, 6.07) is 5.81. The second kappa shape index (κ2) is 6.41. The minimum atomic E-state index is 0. The lowest BCUT2D eigenvalue weighted by molar-refractivity contribution is 0.0708. The molecule has 0 radical (unpaired) electrons. The molecule has 3 nitrogen and oxygen atoms in total. The van der Waals surface area contributed by atoms with E-state index in [-0.39, 0.29) is 18.3 Å². The van der Waals surface area contributed by atoms with Crippen LogP contribution in [-0.2, 0) is 0 Å². The maximum absolute atomic E-state index is 12.4. The van der Waals surface area contributed by atoms with Gasteiger partial charge in [0.15, 0.2) is 0 Å². The van der Waals surface area contributed by atoms with E-state index >= 15 is 0 Å². The Morgan fingerprint density at radius 1 is 1.50 bits per heavy atom. The van der Waals surface area contributed by atoms with Crippen LogP contribution in [-0.4, -0.2) is 36.5 Å². The monoisotopic (exact) mass is 288 g/mol. The van der Waals surface area contributed by atoms with E-state index in [4.69, 9.17) is 11.6 Å². The molecule has 0 aromatic heterocycles. The van der Waals surface area contributed by atoms with Crippen molar-refractivity contribution < 1.29 is 4.79 Å². The number of carbonyl (C=O) groups is 1. The van der Waals surface area contributed by atoms with Crippen molar-refractivity contribution in [2.75, 3.05) is 19.6 Å². The van der Waals surface area contributed by atoms with Crippen molar-refractivity contribution in [3.05, 3.63) is 34.3 Å². The van der Waals surface area contributed by atoms with Gasteiger partial charge in [0.2, 0.25) is 0 Å². The topological polar surface area (TPSA) is 32.3 Å². The van der Waals surface area contributed by atoms with Crippen LogP contribution >= 0.6 is 24.0 Å². The third kappa shape index (κ3) is 3.37. The summed E-state index contributed by atoms with van der Waals surface area (Å²) in [5.74, 6) is 0.0818. The molecule has 1 unspecified atom stereocenters. The Kier molecular flexibility index (Phi) is 5.45. The van der Waals surface area contributed by atoms with Gasteiger partial charge in [0.1, 0.15) is 0 Å². The van der Waals surface area contributed by atoms with Crippen molar-refractivity contribution in [1.82, 2.24) is 10.2 Å². The highest BCUT2D eigenvalue weighted by Gasteiger charge is 2.22. The van der Waals surface area contributed by atoms with E-state index in [1.54, 1.807) is 6.07 Å². The standard InChI is InChI=1S/C13H17ClN2O.ClH/c1-9-3-4-11(14)7-12(9)13(17)16-6-5-15-10(2)8-16;/h3-4,7,10,15H,5-6,8H2,1-2H3;1H. The molecule has 100 valence electrons. The van der Waals surface area contributed by atoms with Crippen molar-refractivity contribution >= 4 is 29.9 Å². The Morgan fingerprint density at radius 2 is 2.22 bits per heavy atom. The summed E-state index contributed by atoms with van der Waals surface area (Å²) >= 11 is 5.95. The molecule has 18 heavy (non-hydrogen) atoms. The number of carbonyl (C=O) groups excluding carboxylic acids is 1. The Morgan fingerprint density at radius 3 is 2.89 bits per heavy atom. The zero-order valence-electron chi connectivity index (χ0n) is 10.6. The minimum Gasteiger partial charge on any atom is -0.336 e. The molecule has 1 N–H and O–H groups in total. The van der Waals surface area contributed by atoms with Gasteiger partial charge in [-0.2, -0.15) is 0 Å². The number of amides is 1. The van der Waals surface area contributed by atoms with Gasteiger partial charge in [0, 0.05) is 36.3 Å². The van der Waals surface area contributed by atoms with Gasteiger partial charge in [-0.25, -0.2) is 0 Å². The number of aryl methyl sites for hydroxylation is 1. The van der Waals surface area contributed by atoms with Crippen LogP contribution in [0.1, 0.15) is 22.8 Å². The summed E-state index contributed by atoms with van der Waals surface area (Å²) in [4.78, 5) is 14.2. The lowest BCUT2D eigenvalue weighted by Crippen LogP contribution is -2.51. The van der Waals surface area contributed by atoms with Crippen molar-refractivity contribution in [3.63, 3.8) is 0 Å². The molecule has 1 aliphatic rings.